The Morgan fingerprint density at radius 2 is 2.05 bits per heavy atom. The first-order valence-corrected chi connectivity index (χ1v) is 7.45. The summed E-state index contributed by atoms with van der Waals surface area (Å²) in [6.45, 7) is 5.71. The van der Waals surface area contributed by atoms with Crippen LogP contribution in [0.4, 0.5) is 0 Å². The van der Waals surface area contributed by atoms with Crippen molar-refractivity contribution in [3.63, 3.8) is 0 Å². The highest BCUT2D eigenvalue weighted by molar-refractivity contribution is 7.16. The Hall–Kier alpha value is -1.86. The third kappa shape index (κ3) is 3.83. The van der Waals surface area contributed by atoms with E-state index in [0.29, 0.717) is 15.7 Å². The number of nitrogens with one attached hydrogen (secondary N) is 1. The lowest BCUT2D eigenvalue weighted by atomic mass is 9.92. The van der Waals surface area contributed by atoms with E-state index in [2.05, 4.69) is 20.3 Å². The summed E-state index contributed by atoms with van der Waals surface area (Å²) in [6, 6.07) is 1.72. The van der Waals surface area contributed by atoms with Crippen LogP contribution in [0.25, 0.3) is 10.8 Å². The number of thiazole rings is 1. The maximum Gasteiger partial charge on any atom is 0.263 e. The second-order valence-electron chi connectivity index (χ2n) is 5.30. The summed E-state index contributed by atoms with van der Waals surface area (Å²) in [7, 11) is 0. The summed E-state index contributed by atoms with van der Waals surface area (Å²) in [5.41, 5.74) is -0.939. The molecular formula is C14H18N4O2S. The zero-order valence-corrected chi connectivity index (χ0v) is 13.0. The van der Waals surface area contributed by atoms with Gasteiger partial charge in [-0.1, -0.05) is 13.8 Å². The molecule has 0 aliphatic rings. The fourth-order valence-electron chi connectivity index (χ4n) is 1.44. The standard InChI is InChI=1S/C14H18N4O2S/c1-9(2)14(3,20)8-18-12(19)10-7-17-13(21-10)11-15-5-4-6-16-11/h4-7,9,20H,8H2,1-3H3,(H,18,19). The van der Waals surface area contributed by atoms with Gasteiger partial charge in [0.25, 0.3) is 5.91 Å². The highest BCUT2D eigenvalue weighted by Gasteiger charge is 2.26. The van der Waals surface area contributed by atoms with Crippen LogP contribution in [0.2, 0.25) is 0 Å². The fourth-order valence-corrected chi connectivity index (χ4v) is 2.22. The molecule has 2 rings (SSSR count). The van der Waals surface area contributed by atoms with E-state index in [9.17, 15) is 9.90 Å². The predicted octanol–water partition coefficient (Wildman–Crippen LogP) is 1.74. The number of amides is 1. The molecule has 1 atom stereocenters. The van der Waals surface area contributed by atoms with Crippen LogP contribution in [0.15, 0.2) is 24.7 Å². The summed E-state index contributed by atoms with van der Waals surface area (Å²) in [5.74, 6) is 0.291. The number of hydrogen-bond donors (Lipinski definition) is 2. The van der Waals surface area contributed by atoms with Gasteiger partial charge in [-0.2, -0.15) is 0 Å². The van der Waals surface area contributed by atoms with E-state index in [1.165, 1.54) is 17.5 Å². The fraction of sp³-hybridized carbons (Fsp3) is 0.429. The van der Waals surface area contributed by atoms with Crippen LogP contribution in [-0.4, -0.2) is 38.1 Å². The van der Waals surface area contributed by atoms with E-state index in [1.54, 1.807) is 25.4 Å². The summed E-state index contributed by atoms with van der Waals surface area (Å²) in [5, 5.41) is 13.4. The molecule has 0 aliphatic heterocycles. The highest BCUT2D eigenvalue weighted by Crippen LogP contribution is 2.21. The summed E-state index contributed by atoms with van der Waals surface area (Å²) in [6.07, 6.45) is 4.75. The van der Waals surface area contributed by atoms with Crippen LogP contribution in [-0.2, 0) is 0 Å². The number of carbonyl (C=O) groups excluding carboxylic acids is 1. The first-order valence-electron chi connectivity index (χ1n) is 6.64. The molecule has 0 saturated heterocycles. The Bertz CT molecular complexity index is 610. The van der Waals surface area contributed by atoms with Crippen molar-refractivity contribution in [2.75, 3.05) is 6.54 Å². The molecule has 112 valence electrons. The van der Waals surface area contributed by atoms with E-state index in [1.807, 2.05) is 13.8 Å². The van der Waals surface area contributed by atoms with Crippen LogP contribution in [0.5, 0.6) is 0 Å². The summed E-state index contributed by atoms with van der Waals surface area (Å²) in [4.78, 5) is 24.9. The van der Waals surface area contributed by atoms with Gasteiger partial charge >= 0.3 is 0 Å². The molecule has 0 radical (unpaired) electrons. The van der Waals surface area contributed by atoms with Crippen LogP contribution < -0.4 is 5.32 Å². The quantitative estimate of drug-likeness (QED) is 0.878. The van der Waals surface area contributed by atoms with Crippen molar-refractivity contribution in [3.8, 4) is 10.8 Å². The Morgan fingerprint density at radius 1 is 1.38 bits per heavy atom. The van der Waals surface area contributed by atoms with Crippen LogP contribution >= 0.6 is 11.3 Å². The number of aliphatic hydroxyl groups is 1. The van der Waals surface area contributed by atoms with Crippen LogP contribution in [0.3, 0.4) is 0 Å². The molecule has 0 spiro atoms. The maximum absolute atomic E-state index is 12.1. The van der Waals surface area contributed by atoms with Crippen molar-refractivity contribution in [1.29, 1.82) is 0 Å². The second-order valence-corrected chi connectivity index (χ2v) is 6.33. The zero-order valence-electron chi connectivity index (χ0n) is 12.2. The molecule has 0 fully saturated rings. The lowest BCUT2D eigenvalue weighted by molar-refractivity contribution is 0.0143. The lowest BCUT2D eigenvalue weighted by Crippen LogP contribution is -2.44. The van der Waals surface area contributed by atoms with E-state index in [0.717, 1.165) is 0 Å². The van der Waals surface area contributed by atoms with Crippen molar-refractivity contribution in [2.24, 2.45) is 5.92 Å². The van der Waals surface area contributed by atoms with Crippen molar-refractivity contribution >= 4 is 17.2 Å². The lowest BCUT2D eigenvalue weighted by Gasteiger charge is -2.27. The van der Waals surface area contributed by atoms with E-state index < -0.39 is 5.60 Å². The van der Waals surface area contributed by atoms with Crippen LogP contribution in [0.1, 0.15) is 30.4 Å². The second kappa shape index (κ2) is 6.28. The van der Waals surface area contributed by atoms with E-state index >= 15 is 0 Å². The first kappa shape index (κ1) is 15.5. The number of carbonyl (C=O) groups is 1. The minimum Gasteiger partial charge on any atom is -0.388 e. The topological polar surface area (TPSA) is 88.0 Å². The smallest absolute Gasteiger partial charge is 0.263 e. The molecule has 6 nitrogen and oxygen atoms in total. The molecule has 0 aromatic carbocycles. The SMILES string of the molecule is CC(C)C(C)(O)CNC(=O)c1cnc(-c2ncccn2)s1. The minimum absolute atomic E-state index is 0.0486. The molecule has 2 aromatic heterocycles. The van der Waals surface area contributed by atoms with Crippen molar-refractivity contribution < 1.29 is 9.90 Å². The van der Waals surface area contributed by atoms with Crippen molar-refractivity contribution in [2.45, 2.75) is 26.4 Å². The minimum atomic E-state index is -0.939. The van der Waals surface area contributed by atoms with Crippen molar-refractivity contribution in [1.82, 2.24) is 20.3 Å². The van der Waals surface area contributed by atoms with E-state index in [-0.39, 0.29) is 18.4 Å². The number of hydrogen-bond acceptors (Lipinski definition) is 6. The highest BCUT2D eigenvalue weighted by atomic mass is 32.1. The van der Waals surface area contributed by atoms with Gasteiger partial charge in [-0.15, -0.1) is 11.3 Å². The third-order valence-corrected chi connectivity index (χ3v) is 4.33. The average Bonchev–Trinajstić information content (AvgIpc) is 2.95. The molecule has 0 aliphatic carbocycles. The van der Waals surface area contributed by atoms with Gasteiger partial charge in [0, 0.05) is 18.9 Å². The van der Waals surface area contributed by atoms with Gasteiger partial charge in [0.15, 0.2) is 10.8 Å². The monoisotopic (exact) mass is 306 g/mol. The van der Waals surface area contributed by atoms with E-state index in [4.69, 9.17) is 0 Å². The third-order valence-electron chi connectivity index (χ3n) is 3.34. The Labute approximate surface area is 127 Å². The van der Waals surface area contributed by atoms with Gasteiger partial charge in [-0.3, -0.25) is 4.79 Å². The van der Waals surface area contributed by atoms with Gasteiger partial charge in [0.05, 0.1) is 11.8 Å². The summed E-state index contributed by atoms with van der Waals surface area (Å²) < 4.78 is 0. The van der Waals surface area contributed by atoms with Crippen LogP contribution in [0, 0.1) is 5.92 Å². The Morgan fingerprint density at radius 3 is 2.67 bits per heavy atom. The molecule has 1 unspecified atom stereocenters. The van der Waals surface area contributed by atoms with Crippen molar-refractivity contribution in [3.05, 3.63) is 29.5 Å². The molecule has 1 amide bonds. The number of rotatable bonds is 5. The average molecular weight is 306 g/mol. The molecule has 2 heterocycles. The van der Waals surface area contributed by atoms with Gasteiger partial charge in [0.2, 0.25) is 0 Å². The largest absolute Gasteiger partial charge is 0.388 e. The molecule has 0 saturated carbocycles. The Kier molecular flexibility index (Phi) is 4.64. The zero-order chi connectivity index (χ0) is 15.5. The number of aromatic nitrogens is 3. The first-order chi connectivity index (χ1) is 9.90. The van der Waals surface area contributed by atoms with Gasteiger partial charge in [-0.25, -0.2) is 15.0 Å². The molecular weight excluding hydrogens is 288 g/mol. The van der Waals surface area contributed by atoms with Gasteiger partial charge in [-0.05, 0) is 18.9 Å². The number of nitrogens with zero attached hydrogens (tertiary/aromatic N) is 3. The van der Waals surface area contributed by atoms with Gasteiger partial charge < -0.3 is 10.4 Å². The molecule has 2 N–H and O–H groups in total. The molecule has 7 heteroatoms. The Balaban J connectivity index is 2.03. The molecule has 21 heavy (non-hydrogen) atoms. The maximum atomic E-state index is 12.1. The normalized spacial score (nSPS) is 14.0. The predicted molar refractivity (Wildman–Crippen MR) is 80.9 cm³/mol. The van der Waals surface area contributed by atoms with Gasteiger partial charge in [0.1, 0.15) is 4.88 Å². The molecule has 2 aromatic rings. The molecule has 0 bridgehead atoms. The summed E-state index contributed by atoms with van der Waals surface area (Å²) >= 11 is 1.22.